The molecule has 0 fully saturated rings. The summed E-state index contributed by atoms with van der Waals surface area (Å²) in [7, 11) is 0. The highest BCUT2D eigenvalue weighted by molar-refractivity contribution is 9.10. The highest BCUT2D eigenvalue weighted by atomic mass is 79.9. The number of carboxylic acids is 1. The third-order valence-electron chi connectivity index (χ3n) is 1.60. The van der Waals surface area contributed by atoms with Crippen molar-refractivity contribution in [2.24, 2.45) is 0 Å². The molecule has 0 saturated heterocycles. The Morgan fingerprint density at radius 1 is 1.50 bits per heavy atom. The second-order valence-corrected chi connectivity index (χ2v) is 3.71. The minimum absolute atomic E-state index is 0.0134. The summed E-state index contributed by atoms with van der Waals surface area (Å²) in [6.07, 6.45) is 0.0134. The van der Waals surface area contributed by atoms with Gasteiger partial charge in [-0.05, 0) is 30.7 Å². The maximum absolute atomic E-state index is 10.5. The molecular weight excluding hydrogens is 248 g/mol. The van der Waals surface area contributed by atoms with Crippen molar-refractivity contribution in [3.8, 4) is 5.75 Å². The number of halogens is 1. The molecule has 4 heteroatoms. The first-order valence-corrected chi connectivity index (χ1v) is 5.05. The lowest BCUT2D eigenvalue weighted by molar-refractivity contribution is -0.136. The third-order valence-corrected chi connectivity index (χ3v) is 2.06. The second-order valence-electron chi connectivity index (χ2n) is 2.80. The zero-order valence-corrected chi connectivity index (χ0v) is 9.37. The zero-order valence-electron chi connectivity index (χ0n) is 7.79. The van der Waals surface area contributed by atoms with Gasteiger partial charge in [0.2, 0.25) is 0 Å². The van der Waals surface area contributed by atoms with Gasteiger partial charge in [-0.2, -0.15) is 0 Å². The van der Waals surface area contributed by atoms with Crippen molar-refractivity contribution < 1.29 is 14.6 Å². The van der Waals surface area contributed by atoms with Gasteiger partial charge in [0.15, 0.2) is 0 Å². The van der Waals surface area contributed by atoms with Crippen LogP contribution in [-0.2, 0) is 11.2 Å². The summed E-state index contributed by atoms with van der Waals surface area (Å²) >= 11 is 3.30. The molecule has 0 bridgehead atoms. The number of hydrogen-bond donors (Lipinski definition) is 1. The summed E-state index contributed by atoms with van der Waals surface area (Å²) in [5.41, 5.74) is 0.732. The molecule has 0 atom stereocenters. The van der Waals surface area contributed by atoms with E-state index in [-0.39, 0.29) is 6.42 Å². The van der Waals surface area contributed by atoms with Crippen molar-refractivity contribution in [2.75, 3.05) is 6.61 Å². The van der Waals surface area contributed by atoms with E-state index in [2.05, 4.69) is 15.9 Å². The smallest absolute Gasteiger partial charge is 0.307 e. The van der Waals surface area contributed by atoms with Crippen LogP contribution < -0.4 is 4.74 Å². The fourth-order valence-electron chi connectivity index (χ4n) is 1.15. The largest absolute Gasteiger partial charge is 0.494 e. The quantitative estimate of drug-likeness (QED) is 0.903. The molecule has 0 saturated carbocycles. The lowest BCUT2D eigenvalue weighted by Crippen LogP contribution is -2.01. The molecule has 0 aliphatic rings. The lowest BCUT2D eigenvalue weighted by atomic mass is 10.1. The van der Waals surface area contributed by atoms with Gasteiger partial charge in [0.25, 0.3) is 0 Å². The highest BCUT2D eigenvalue weighted by Gasteiger charge is 2.04. The van der Waals surface area contributed by atoms with E-state index in [1.165, 1.54) is 0 Å². The summed E-state index contributed by atoms with van der Waals surface area (Å²) in [5, 5.41) is 8.62. The van der Waals surface area contributed by atoms with Crippen molar-refractivity contribution >= 4 is 21.9 Å². The Bertz CT molecular complexity index is 336. The van der Waals surface area contributed by atoms with Crippen LogP contribution in [0.2, 0.25) is 0 Å². The number of carboxylic acid groups (broad SMARTS) is 1. The first-order valence-electron chi connectivity index (χ1n) is 4.26. The van der Waals surface area contributed by atoms with Gasteiger partial charge in [-0.1, -0.05) is 15.9 Å². The van der Waals surface area contributed by atoms with Gasteiger partial charge >= 0.3 is 5.97 Å². The molecule has 3 nitrogen and oxygen atoms in total. The monoisotopic (exact) mass is 258 g/mol. The summed E-state index contributed by atoms with van der Waals surface area (Å²) in [4.78, 5) is 10.5. The Morgan fingerprint density at radius 3 is 2.79 bits per heavy atom. The highest BCUT2D eigenvalue weighted by Crippen LogP contribution is 2.21. The molecule has 1 aromatic carbocycles. The van der Waals surface area contributed by atoms with E-state index in [1.54, 1.807) is 12.1 Å². The average molecular weight is 259 g/mol. The van der Waals surface area contributed by atoms with Crippen molar-refractivity contribution in [1.82, 2.24) is 0 Å². The van der Waals surface area contributed by atoms with Gasteiger partial charge in [0.1, 0.15) is 5.75 Å². The van der Waals surface area contributed by atoms with Crippen LogP contribution in [0, 0.1) is 0 Å². The Hall–Kier alpha value is -1.03. The van der Waals surface area contributed by atoms with Crippen LogP contribution in [0.3, 0.4) is 0 Å². The van der Waals surface area contributed by atoms with Gasteiger partial charge in [-0.15, -0.1) is 0 Å². The molecule has 0 radical (unpaired) electrons. The van der Waals surface area contributed by atoms with Crippen LogP contribution in [0.4, 0.5) is 0 Å². The van der Waals surface area contributed by atoms with Gasteiger partial charge in [0, 0.05) is 4.47 Å². The molecule has 1 aromatic rings. The molecule has 1 N–H and O–H groups in total. The van der Waals surface area contributed by atoms with Gasteiger partial charge in [-0.25, -0.2) is 0 Å². The first-order chi connectivity index (χ1) is 6.61. The maximum atomic E-state index is 10.5. The molecular formula is C10H11BrO3. The van der Waals surface area contributed by atoms with E-state index in [4.69, 9.17) is 9.84 Å². The molecule has 1 rings (SSSR count). The predicted octanol–water partition coefficient (Wildman–Crippen LogP) is 2.47. The number of rotatable bonds is 4. The molecule has 14 heavy (non-hydrogen) atoms. The summed E-state index contributed by atoms with van der Waals surface area (Å²) in [6.45, 7) is 2.46. The van der Waals surface area contributed by atoms with Crippen LogP contribution in [-0.4, -0.2) is 17.7 Å². The summed E-state index contributed by atoms with van der Waals surface area (Å²) < 4.78 is 6.12. The molecule has 0 heterocycles. The van der Waals surface area contributed by atoms with Gasteiger partial charge in [0.05, 0.1) is 13.0 Å². The molecule has 0 unspecified atom stereocenters. The Kier molecular flexibility index (Phi) is 3.95. The SMILES string of the molecule is CCOc1cc(Br)cc(CC(=O)O)c1. The summed E-state index contributed by atoms with van der Waals surface area (Å²) in [6, 6.07) is 5.33. The van der Waals surface area contributed by atoms with Crippen LogP contribution in [0.25, 0.3) is 0 Å². The fraction of sp³-hybridized carbons (Fsp3) is 0.300. The average Bonchev–Trinajstić information content (AvgIpc) is 2.01. The standard InChI is InChI=1S/C10H11BrO3/c1-2-14-9-4-7(5-10(12)13)3-8(11)6-9/h3-4,6H,2,5H2,1H3,(H,12,13). The Labute approximate surface area is 90.8 Å². The van der Waals surface area contributed by atoms with Crippen LogP contribution in [0.1, 0.15) is 12.5 Å². The first kappa shape index (κ1) is 11.0. The van der Waals surface area contributed by atoms with E-state index in [9.17, 15) is 4.79 Å². The van der Waals surface area contributed by atoms with Crippen LogP contribution in [0.15, 0.2) is 22.7 Å². The van der Waals surface area contributed by atoms with Crippen LogP contribution in [0.5, 0.6) is 5.75 Å². The number of carbonyl (C=O) groups is 1. The number of hydrogen-bond acceptors (Lipinski definition) is 2. The summed E-state index contributed by atoms with van der Waals surface area (Å²) in [5.74, 6) is -0.149. The van der Waals surface area contributed by atoms with E-state index in [0.29, 0.717) is 12.4 Å². The molecule has 0 aliphatic carbocycles. The van der Waals surface area contributed by atoms with E-state index >= 15 is 0 Å². The van der Waals surface area contributed by atoms with Crippen molar-refractivity contribution in [3.63, 3.8) is 0 Å². The molecule has 0 spiro atoms. The fourth-order valence-corrected chi connectivity index (χ4v) is 1.67. The molecule has 0 amide bonds. The minimum atomic E-state index is -0.842. The maximum Gasteiger partial charge on any atom is 0.307 e. The van der Waals surface area contributed by atoms with E-state index in [0.717, 1.165) is 10.0 Å². The van der Waals surface area contributed by atoms with E-state index < -0.39 is 5.97 Å². The Balaban J connectivity index is 2.88. The number of benzene rings is 1. The van der Waals surface area contributed by atoms with Gasteiger partial charge < -0.3 is 9.84 Å². The van der Waals surface area contributed by atoms with Crippen molar-refractivity contribution in [1.29, 1.82) is 0 Å². The number of aliphatic carboxylic acids is 1. The minimum Gasteiger partial charge on any atom is -0.494 e. The van der Waals surface area contributed by atoms with Crippen molar-refractivity contribution in [3.05, 3.63) is 28.2 Å². The number of ether oxygens (including phenoxy) is 1. The van der Waals surface area contributed by atoms with Crippen molar-refractivity contribution in [2.45, 2.75) is 13.3 Å². The third kappa shape index (κ3) is 3.38. The normalized spacial score (nSPS) is 9.86. The predicted molar refractivity (Wildman–Crippen MR) is 56.7 cm³/mol. The topological polar surface area (TPSA) is 46.5 Å². The zero-order chi connectivity index (χ0) is 10.6. The van der Waals surface area contributed by atoms with E-state index in [1.807, 2.05) is 13.0 Å². The second kappa shape index (κ2) is 5.00. The Morgan fingerprint density at radius 2 is 2.21 bits per heavy atom. The van der Waals surface area contributed by atoms with Gasteiger partial charge in [-0.3, -0.25) is 4.79 Å². The molecule has 0 aromatic heterocycles. The molecule has 76 valence electrons. The molecule has 0 aliphatic heterocycles. The lowest BCUT2D eigenvalue weighted by Gasteiger charge is -2.05. The van der Waals surface area contributed by atoms with Crippen LogP contribution >= 0.6 is 15.9 Å².